The molecule has 1 nitrogen and oxygen atoms in total. The first-order valence-corrected chi connectivity index (χ1v) is 7.26. The van der Waals surface area contributed by atoms with E-state index in [0.717, 1.165) is 27.6 Å². The fraction of sp³-hybridized carbons (Fsp3) is 0.235. The molecule has 19 heavy (non-hydrogen) atoms. The third-order valence-electron chi connectivity index (χ3n) is 3.94. The van der Waals surface area contributed by atoms with Crippen LogP contribution < -0.4 is 0 Å². The Hall–Kier alpha value is -1.41. The number of aryl methyl sites for hydroxylation is 2. The Morgan fingerprint density at radius 1 is 1.16 bits per heavy atom. The van der Waals surface area contributed by atoms with Gasteiger partial charge in [0.05, 0.1) is 5.92 Å². The summed E-state index contributed by atoms with van der Waals surface area (Å²) in [5.41, 5.74) is 5.54. The van der Waals surface area contributed by atoms with Gasteiger partial charge in [0.2, 0.25) is 0 Å². The molecule has 2 aromatic carbocycles. The third-order valence-corrected chi connectivity index (χ3v) is 4.80. The van der Waals surface area contributed by atoms with Crippen LogP contribution in [0.3, 0.4) is 0 Å². The van der Waals surface area contributed by atoms with Crippen LogP contribution in [0.4, 0.5) is 0 Å². The standard InChI is InChI=1S/C17H15BrO/c1-10-8-16(18)11(2)7-14(10)17(19)15-9-12-5-3-4-6-13(12)15/h3-8,15H,9H2,1-2H3. The molecule has 0 heterocycles. The van der Waals surface area contributed by atoms with Crippen LogP contribution in [0.5, 0.6) is 0 Å². The second kappa shape index (κ2) is 4.61. The molecule has 0 saturated heterocycles. The number of ketones is 1. The molecule has 0 amide bonds. The molecule has 1 unspecified atom stereocenters. The summed E-state index contributed by atoms with van der Waals surface area (Å²) in [6, 6.07) is 12.3. The van der Waals surface area contributed by atoms with Crippen molar-refractivity contribution < 1.29 is 4.79 Å². The summed E-state index contributed by atoms with van der Waals surface area (Å²) < 4.78 is 1.07. The van der Waals surface area contributed by atoms with Crippen LogP contribution in [-0.4, -0.2) is 5.78 Å². The van der Waals surface area contributed by atoms with Crippen LogP contribution in [0.15, 0.2) is 40.9 Å². The molecule has 0 bridgehead atoms. The van der Waals surface area contributed by atoms with Crippen LogP contribution in [-0.2, 0) is 6.42 Å². The van der Waals surface area contributed by atoms with E-state index in [1.165, 1.54) is 11.1 Å². The van der Waals surface area contributed by atoms with E-state index < -0.39 is 0 Å². The molecule has 0 radical (unpaired) electrons. The first-order chi connectivity index (χ1) is 9.08. The zero-order chi connectivity index (χ0) is 13.6. The van der Waals surface area contributed by atoms with Crippen molar-refractivity contribution in [1.29, 1.82) is 0 Å². The van der Waals surface area contributed by atoms with Gasteiger partial charge in [0.25, 0.3) is 0 Å². The van der Waals surface area contributed by atoms with Crippen molar-refractivity contribution in [2.45, 2.75) is 26.2 Å². The number of fused-ring (bicyclic) bond motifs is 1. The number of hydrogen-bond donors (Lipinski definition) is 0. The largest absolute Gasteiger partial charge is 0.293 e. The van der Waals surface area contributed by atoms with E-state index in [0.29, 0.717) is 0 Å². The maximum Gasteiger partial charge on any atom is 0.170 e. The SMILES string of the molecule is Cc1cc(C(=O)C2Cc3ccccc32)c(C)cc1Br. The summed E-state index contributed by atoms with van der Waals surface area (Å²) in [5.74, 6) is 0.308. The van der Waals surface area contributed by atoms with Gasteiger partial charge in [-0.3, -0.25) is 4.79 Å². The van der Waals surface area contributed by atoms with Crippen LogP contribution in [0.2, 0.25) is 0 Å². The van der Waals surface area contributed by atoms with Crippen molar-refractivity contribution in [3.8, 4) is 0 Å². The first-order valence-electron chi connectivity index (χ1n) is 6.46. The zero-order valence-electron chi connectivity index (χ0n) is 11.0. The van der Waals surface area contributed by atoms with Gasteiger partial charge in [-0.2, -0.15) is 0 Å². The molecule has 2 aromatic rings. The average Bonchev–Trinajstić information content (AvgIpc) is 2.35. The monoisotopic (exact) mass is 314 g/mol. The van der Waals surface area contributed by atoms with E-state index in [1.54, 1.807) is 0 Å². The highest BCUT2D eigenvalue weighted by Crippen LogP contribution is 2.38. The van der Waals surface area contributed by atoms with E-state index in [9.17, 15) is 4.79 Å². The minimum atomic E-state index is 0.0514. The van der Waals surface area contributed by atoms with Gasteiger partial charge in [0, 0.05) is 10.0 Å². The number of carbonyl (C=O) groups is 1. The van der Waals surface area contributed by atoms with Crippen LogP contribution in [0.25, 0.3) is 0 Å². The average molecular weight is 315 g/mol. The van der Waals surface area contributed by atoms with Gasteiger partial charge in [0.1, 0.15) is 0 Å². The van der Waals surface area contributed by atoms with Crippen molar-refractivity contribution in [1.82, 2.24) is 0 Å². The molecule has 1 aliphatic carbocycles. The lowest BCUT2D eigenvalue weighted by molar-refractivity contribution is 0.0948. The summed E-state index contributed by atoms with van der Waals surface area (Å²) in [6.45, 7) is 4.02. The van der Waals surface area contributed by atoms with E-state index in [-0.39, 0.29) is 11.7 Å². The van der Waals surface area contributed by atoms with Crippen molar-refractivity contribution in [2.75, 3.05) is 0 Å². The van der Waals surface area contributed by atoms with Crippen molar-refractivity contribution in [2.24, 2.45) is 0 Å². The second-order valence-corrected chi connectivity index (χ2v) is 6.09. The lowest BCUT2D eigenvalue weighted by Crippen LogP contribution is -2.25. The quantitative estimate of drug-likeness (QED) is 0.741. The highest BCUT2D eigenvalue weighted by molar-refractivity contribution is 9.10. The minimum Gasteiger partial charge on any atom is -0.293 e. The molecule has 2 heteroatoms. The molecule has 0 saturated carbocycles. The molecule has 0 spiro atoms. The number of benzene rings is 2. The molecule has 1 atom stereocenters. The molecular formula is C17H15BrO. The van der Waals surface area contributed by atoms with Crippen LogP contribution >= 0.6 is 15.9 Å². The maximum absolute atomic E-state index is 12.7. The Balaban J connectivity index is 1.97. The molecule has 0 fully saturated rings. The molecule has 0 aliphatic heterocycles. The Labute approximate surface area is 121 Å². The highest BCUT2D eigenvalue weighted by Gasteiger charge is 2.32. The smallest absolute Gasteiger partial charge is 0.170 e. The van der Waals surface area contributed by atoms with Gasteiger partial charge >= 0.3 is 0 Å². The first kappa shape index (κ1) is 12.6. The zero-order valence-corrected chi connectivity index (χ0v) is 12.6. The third kappa shape index (κ3) is 2.04. The van der Waals surface area contributed by atoms with Crippen molar-refractivity contribution in [3.63, 3.8) is 0 Å². The second-order valence-electron chi connectivity index (χ2n) is 5.24. The Kier molecular flexibility index (Phi) is 3.06. The summed E-state index contributed by atoms with van der Waals surface area (Å²) in [6.07, 6.45) is 0.879. The summed E-state index contributed by atoms with van der Waals surface area (Å²) in [5, 5.41) is 0. The maximum atomic E-state index is 12.7. The van der Waals surface area contributed by atoms with Gasteiger partial charge in [-0.25, -0.2) is 0 Å². The van der Waals surface area contributed by atoms with Crippen molar-refractivity contribution >= 4 is 21.7 Å². The molecular weight excluding hydrogens is 300 g/mol. The van der Waals surface area contributed by atoms with E-state index in [2.05, 4.69) is 28.1 Å². The predicted molar refractivity (Wildman–Crippen MR) is 80.8 cm³/mol. The molecule has 1 aliphatic rings. The van der Waals surface area contributed by atoms with Gasteiger partial charge in [-0.1, -0.05) is 40.2 Å². The van der Waals surface area contributed by atoms with Crippen LogP contribution in [0.1, 0.15) is 38.5 Å². The highest BCUT2D eigenvalue weighted by atomic mass is 79.9. The summed E-state index contributed by atoms with van der Waals surface area (Å²) >= 11 is 3.51. The summed E-state index contributed by atoms with van der Waals surface area (Å²) in [7, 11) is 0. The molecule has 0 aromatic heterocycles. The Morgan fingerprint density at radius 3 is 2.63 bits per heavy atom. The fourth-order valence-corrected chi connectivity index (χ4v) is 3.18. The van der Waals surface area contributed by atoms with Gasteiger partial charge in [-0.15, -0.1) is 0 Å². The number of Topliss-reactive ketones (excluding diaryl/α,β-unsaturated/α-hetero) is 1. The van der Waals surface area contributed by atoms with Gasteiger partial charge < -0.3 is 0 Å². The normalized spacial score (nSPS) is 16.7. The van der Waals surface area contributed by atoms with Crippen LogP contribution in [0, 0.1) is 13.8 Å². The Bertz CT molecular complexity index is 673. The number of rotatable bonds is 2. The molecule has 3 rings (SSSR count). The van der Waals surface area contributed by atoms with Gasteiger partial charge in [0.15, 0.2) is 5.78 Å². The van der Waals surface area contributed by atoms with Crippen molar-refractivity contribution in [3.05, 3.63) is 68.7 Å². The minimum absolute atomic E-state index is 0.0514. The molecule has 96 valence electrons. The Morgan fingerprint density at radius 2 is 1.89 bits per heavy atom. The topological polar surface area (TPSA) is 17.1 Å². The number of hydrogen-bond acceptors (Lipinski definition) is 1. The fourth-order valence-electron chi connectivity index (χ4n) is 2.73. The number of halogens is 1. The van der Waals surface area contributed by atoms with E-state index in [1.807, 2.05) is 38.1 Å². The predicted octanol–water partition coefficient (Wildman–Crippen LogP) is 4.59. The van der Waals surface area contributed by atoms with E-state index in [4.69, 9.17) is 0 Å². The summed E-state index contributed by atoms with van der Waals surface area (Å²) in [4.78, 5) is 12.7. The molecule has 0 N–H and O–H groups in total. The van der Waals surface area contributed by atoms with E-state index >= 15 is 0 Å². The lowest BCUT2D eigenvalue weighted by atomic mass is 9.73. The lowest BCUT2D eigenvalue weighted by Gasteiger charge is -2.29. The number of carbonyl (C=O) groups excluding carboxylic acids is 1. The van der Waals surface area contributed by atoms with Gasteiger partial charge in [-0.05, 0) is 54.7 Å².